The number of aromatic nitrogens is 2. The van der Waals surface area contributed by atoms with E-state index in [1.165, 1.54) is 0 Å². The number of halogens is 3. The highest BCUT2D eigenvalue weighted by atomic mass is 79.9. The molecule has 22 heavy (non-hydrogen) atoms. The molecule has 0 atom stereocenters. The van der Waals surface area contributed by atoms with Crippen LogP contribution in [0.3, 0.4) is 0 Å². The molecule has 1 aliphatic rings. The molecule has 0 saturated heterocycles. The summed E-state index contributed by atoms with van der Waals surface area (Å²) < 4.78 is 37.1. The molecular weight excluding hydrogens is 358 g/mol. The van der Waals surface area contributed by atoms with Gasteiger partial charge in [-0.3, -0.25) is 4.68 Å². The lowest BCUT2D eigenvalue weighted by molar-refractivity contribution is -0.0502. The van der Waals surface area contributed by atoms with Crippen LogP contribution in [0.25, 0.3) is 10.9 Å². The van der Waals surface area contributed by atoms with E-state index in [1.807, 2.05) is 10.9 Å². The summed E-state index contributed by atoms with van der Waals surface area (Å²) in [6.07, 6.45) is 6.34. The van der Waals surface area contributed by atoms with Crippen molar-refractivity contribution in [1.82, 2.24) is 9.78 Å². The highest BCUT2D eigenvalue weighted by molar-refractivity contribution is 9.10. The first kappa shape index (κ1) is 15.7. The van der Waals surface area contributed by atoms with Crippen LogP contribution in [-0.2, 0) is 4.74 Å². The molecule has 4 nitrogen and oxygen atoms in total. The first-order chi connectivity index (χ1) is 10.6. The summed E-state index contributed by atoms with van der Waals surface area (Å²) in [6, 6.07) is 3.64. The van der Waals surface area contributed by atoms with E-state index in [2.05, 4.69) is 25.8 Å². The Balaban J connectivity index is 1.84. The minimum atomic E-state index is -2.85. The molecule has 0 N–H and O–H groups in total. The first-order valence-electron chi connectivity index (χ1n) is 7.23. The van der Waals surface area contributed by atoms with Crippen LogP contribution < -0.4 is 4.74 Å². The maximum Gasteiger partial charge on any atom is 0.387 e. The molecule has 0 bridgehead atoms. The molecular formula is C15H17BrF2N2O2. The van der Waals surface area contributed by atoms with Crippen LogP contribution in [0.2, 0.25) is 0 Å². The average Bonchev–Trinajstić information content (AvgIpc) is 2.90. The predicted molar refractivity (Wildman–Crippen MR) is 82.4 cm³/mol. The van der Waals surface area contributed by atoms with Crippen molar-refractivity contribution in [1.29, 1.82) is 0 Å². The van der Waals surface area contributed by atoms with Gasteiger partial charge in [0, 0.05) is 24.8 Å². The van der Waals surface area contributed by atoms with Crippen molar-refractivity contribution >= 4 is 26.8 Å². The fourth-order valence-corrected chi connectivity index (χ4v) is 3.42. The SMILES string of the molecule is COC1CCC(n2cc3cc(Br)c(OC(F)F)cc3n2)CC1. The summed E-state index contributed by atoms with van der Waals surface area (Å²) in [6.45, 7) is -2.85. The molecule has 0 radical (unpaired) electrons. The number of nitrogens with zero attached hydrogens (tertiary/aromatic N) is 2. The van der Waals surface area contributed by atoms with Gasteiger partial charge < -0.3 is 9.47 Å². The van der Waals surface area contributed by atoms with Gasteiger partial charge in [0.1, 0.15) is 5.75 Å². The zero-order chi connectivity index (χ0) is 15.7. The van der Waals surface area contributed by atoms with E-state index in [1.54, 1.807) is 19.2 Å². The monoisotopic (exact) mass is 374 g/mol. The Bertz CT molecular complexity index is 654. The summed E-state index contributed by atoms with van der Waals surface area (Å²) in [5.74, 6) is 0.107. The van der Waals surface area contributed by atoms with E-state index in [9.17, 15) is 8.78 Å². The molecule has 7 heteroatoms. The molecule has 0 spiro atoms. The average molecular weight is 375 g/mol. The van der Waals surface area contributed by atoms with Gasteiger partial charge in [-0.25, -0.2) is 0 Å². The maximum atomic E-state index is 12.4. The fraction of sp³-hybridized carbons (Fsp3) is 0.533. The van der Waals surface area contributed by atoms with Crippen LogP contribution in [0, 0.1) is 0 Å². The highest BCUT2D eigenvalue weighted by Gasteiger charge is 2.23. The third-order valence-electron chi connectivity index (χ3n) is 4.14. The molecule has 0 unspecified atom stereocenters. The smallest absolute Gasteiger partial charge is 0.387 e. The first-order valence-corrected chi connectivity index (χ1v) is 8.02. The van der Waals surface area contributed by atoms with Crippen LogP contribution in [-0.4, -0.2) is 29.6 Å². The number of benzene rings is 1. The van der Waals surface area contributed by atoms with Gasteiger partial charge in [0.15, 0.2) is 0 Å². The third-order valence-corrected chi connectivity index (χ3v) is 4.76. The molecule has 120 valence electrons. The number of rotatable bonds is 4. The van der Waals surface area contributed by atoms with E-state index < -0.39 is 6.61 Å². The summed E-state index contributed by atoms with van der Waals surface area (Å²) in [4.78, 5) is 0. The molecule has 1 fully saturated rings. The van der Waals surface area contributed by atoms with Crippen LogP contribution in [0.4, 0.5) is 8.78 Å². The van der Waals surface area contributed by atoms with Crippen LogP contribution >= 0.6 is 15.9 Å². The number of alkyl halides is 2. The standard InChI is InChI=1S/C15H17BrF2N2O2/c1-21-11-4-2-10(3-5-11)20-8-9-6-12(16)14(22-15(17)18)7-13(9)19-20/h6-8,10-11,15H,2-5H2,1H3. The van der Waals surface area contributed by atoms with E-state index in [4.69, 9.17) is 4.74 Å². The largest absolute Gasteiger partial charge is 0.434 e. The van der Waals surface area contributed by atoms with E-state index in [-0.39, 0.29) is 5.75 Å². The molecule has 1 aromatic carbocycles. The number of ether oxygens (including phenoxy) is 2. The van der Waals surface area contributed by atoms with Crippen molar-refractivity contribution in [2.45, 2.75) is 44.4 Å². The lowest BCUT2D eigenvalue weighted by atomic mass is 9.93. The van der Waals surface area contributed by atoms with Crippen molar-refractivity contribution in [3.63, 3.8) is 0 Å². The van der Waals surface area contributed by atoms with Crippen molar-refractivity contribution in [3.05, 3.63) is 22.8 Å². The van der Waals surface area contributed by atoms with Gasteiger partial charge in [0.25, 0.3) is 0 Å². The summed E-state index contributed by atoms with van der Waals surface area (Å²) in [5, 5.41) is 5.43. The van der Waals surface area contributed by atoms with Crippen molar-refractivity contribution in [2.75, 3.05) is 7.11 Å². The Hall–Kier alpha value is -1.21. The molecule has 1 heterocycles. The Labute approximate surface area is 135 Å². The van der Waals surface area contributed by atoms with Crippen LogP contribution in [0.15, 0.2) is 22.8 Å². The molecule has 1 aromatic heterocycles. The fourth-order valence-electron chi connectivity index (χ4n) is 2.96. The quantitative estimate of drug-likeness (QED) is 0.788. The van der Waals surface area contributed by atoms with E-state index in [0.717, 1.165) is 31.1 Å². The third kappa shape index (κ3) is 3.25. The number of methoxy groups -OCH3 is 1. The van der Waals surface area contributed by atoms with Gasteiger partial charge in [-0.05, 0) is 47.7 Å². The second kappa shape index (κ2) is 6.50. The van der Waals surface area contributed by atoms with Crippen molar-refractivity contribution in [3.8, 4) is 5.75 Å². The van der Waals surface area contributed by atoms with Gasteiger partial charge in [-0.1, -0.05) is 0 Å². The van der Waals surface area contributed by atoms with Gasteiger partial charge in [-0.2, -0.15) is 13.9 Å². The molecule has 0 aliphatic heterocycles. The van der Waals surface area contributed by atoms with Crippen LogP contribution in [0.5, 0.6) is 5.75 Å². The van der Waals surface area contributed by atoms with Crippen LogP contribution in [0.1, 0.15) is 31.7 Å². The Kier molecular flexibility index (Phi) is 4.63. The van der Waals surface area contributed by atoms with E-state index >= 15 is 0 Å². The molecule has 0 amide bonds. The Morgan fingerprint density at radius 3 is 2.64 bits per heavy atom. The molecule has 2 aromatic rings. The zero-order valence-electron chi connectivity index (χ0n) is 12.1. The molecule has 1 aliphatic carbocycles. The Morgan fingerprint density at radius 1 is 1.27 bits per heavy atom. The maximum absolute atomic E-state index is 12.4. The summed E-state index contributed by atoms with van der Waals surface area (Å²) in [7, 11) is 1.75. The number of hydrogen-bond acceptors (Lipinski definition) is 3. The van der Waals surface area contributed by atoms with Crippen molar-refractivity contribution in [2.24, 2.45) is 0 Å². The van der Waals surface area contributed by atoms with E-state index in [0.29, 0.717) is 22.1 Å². The Morgan fingerprint density at radius 2 is 2.00 bits per heavy atom. The number of hydrogen-bond donors (Lipinski definition) is 0. The lowest BCUT2D eigenvalue weighted by Crippen LogP contribution is -2.22. The normalized spacial score (nSPS) is 22.4. The lowest BCUT2D eigenvalue weighted by Gasteiger charge is -2.27. The minimum absolute atomic E-state index is 0.107. The zero-order valence-corrected chi connectivity index (χ0v) is 13.7. The second-order valence-electron chi connectivity index (χ2n) is 5.50. The number of fused-ring (bicyclic) bond motifs is 1. The van der Waals surface area contributed by atoms with Gasteiger partial charge >= 0.3 is 6.61 Å². The van der Waals surface area contributed by atoms with Gasteiger partial charge in [0.05, 0.1) is 22.1 Å². The van der Waals surface area contributed by atoms with Gasteiger partial charge in [0.2, 0.25) is 0 Å². The predicted octanol–water partition coefficient (Wildman–Crippen LogP) is 4.53. The second-order valence-corrected chi connectivity index (χ2v) is 6.35. The summed E-state index contributed by atoms with van der Waals surface area (Å²) in [5.41, 5.74) is 0.660. The highest BCUT2D eigenvalue weighted by Crippen LogP contribution is 2.34. The molecule has 1 saturated carbocycles. The topological polar surface area (TPSA) is 36.3 Å². The van der Waals surface area contributed by atoms with Crippen molar-refractivity contribution < 1.29 is 18.3 Å². The van der Waals surface area contributed by atoms with Gasteiger partial charge in [-0.15, -0.1) is 0 Å². The minimum Gasteiger partial charge on any atom is -0.434 e. The molecule has 3 rings (SSSR count). The summed E-state index contributed by atoms with van der Waals surface area (Å²) >= 11 is 3.26.